The number of allylic oxidation sites excluding steroid dienone is 6. The molecule has 72 valence electrons. The Hall–Kier alpha value is -1.44. The van der Waals surface area contributed by atoms with Gasteiger partial charge in [0.1, 0.15) is 5.76 Å². The molecular weight excluding hydrogens is 176 g/mol. The Balaban J connectivity index is 2.03. The first kappa shape index (κ1) is 7.92. The molecule has 0 fully saturated rings. The highest BCUT2D eigenvalue weighted by Crippen LogP contribution is 2.35. The van der Waals surface area contributed by atoms with Crippen LogP contribution in [0.4, 0.5) is 0 Å². The number of fused-ring (bicyclic) bond motifs is 1. The van der Waals surface area contributed by atoms with Crippen LogP contribution in [0.2, 0.25) is 0 Å². The van der Waals surface area contributed by atoms with Crippen molar-refractivity contribution in [3.63, 3.8) is 0 Å². The van der Waals surface area contributed by atoms with E-state index in [4.69, 9.17) is 9.47 Å². The van der Waals surface area contributed by atoms with Crippen molar-refractivity contribution in [3.8, 4) is 0 Å². The van der Waals surface area contributed by atoms with Crippen LogP contribution in [-0.2, 0) is 9.47 Å². The Morgan fingerprint density at radius 2 is 2.14 bits per heavy atom. The molecule has 2 nitrogen and oxygen atoms in total. The molecule has 0 N–H and O–H groups in total. The van der Waals surface area contributed by atoms with Gasteiger partial charge in [-0.05, 0) is 30.1 Å². The first-order valence-electron chi connectivity index (χ1n) is 5.00. The van der Waals surface area contributed by atoms with Crippen LogP contribution in [-0.4, -0.2) is 6.79 Å². The second-order valence-electron chi connectivity index (χ2n) is 3.68. The van der Waals surface area contributed by atoms with Gasteiger partial charge in [-0.25, -0.2) is 0 Å². The van der Waals surface area contributed by atoms with Crippen LogP contribution < -0.4 is 0 Å². The van der Waals surface area contributed by atoms with Gasteiger partial charge in [-0.1, -0.05) is 18.2 Å². The summed E-state index contributed by atoms with van der Waals surface area (Å²) in [5.41, 5.74) is 2.66. The van der Waals surface area contributed by atoms with Crippen molar-refractivity contribution in [2.45, 2.75) is 19.3 Å². The van der Waals surface area contributed by atoms with Crippen LogP contribution in [0.25, 0.3) is 0 Å². The third-order valence-corrected chi connectivity index (χ3v) is 2.75. The predicted octanol–water partition coefficient (Wildman–Crippen LogP) is 2.81. The lowest BCUT2D eigenvalue weighted by Gasteiger charge is -2.13. The molecule has 0 aromatic rings. The predicted molar refractivity (Wildman–Crippen MR) is 53.2 cm³/mol. The topological polar surface area (TPSA) is 18.5 Å². The molecule has 0 spiro atoms. The summed E-state index contributed by atoms with van der Waals surface area (Å²) >= 11 is 0. The zero-order valence-electron chi connectivity index (χ0n) is 7.95. The van der Waals surface area contributed by atoms with Gasteiger partial charge in [-0.3, -0.25) is 0 Å². The van der Waals surface area contributed by atoms with E-state index < -0.39 is 0 Å². The van der Waals surface area contributed by atoms with Gasteiger partial charge in [0, 0.05) is 6.42 Å². The van der Waals surface area contributed by atoms with E-state index in [1.54, 1.807) is 0 Å². The minimum absolute atomic E-state index is 0.380. The Kier molecular flexibility index (Phi) is 1.72. The standard InChI is InChI=1S/C12H12O2/c1-2-4-9-6-11-12(14-8-13-11)7-10(9)5-3-1/h2,4-6H,1,3,7-8H2. The van der Waals surface area contributed by atoms with Gasteiger partial charge >= 0.3 is 0 Å². The maximum atomic E-state index is 5.39. The van der Waals surface area contributed by atoms with Crippen molar-refractivity contribution in [1.82, 2.24) is 0 Å². The smallest absolute Gasteiger partial charge is 0.230 e. The molecule has 1 aliphatic heterocycles. The maximum absolute atomic E-state index is 5.39. The van der Waals surface area contributed by atoms with Gasteiger partial charge in [0.2, 0.25) is 6.79 Å². The summed E-state index contributed by atoms with van der Waals surface area (Å²) in [6.07, 6.45) is 11.9. The number of hydrogen-bond acceptors (Lipinski definition) is 2. The lowest BCUT2D eigenvalue weighted by Crippen LogP contribution is -1.98. The lowest BCUT2D eigenvalue weighted by atomic mass is 9.96. The number of ether oxygens (including phenoxy) is 2. The molecule has 0 unspecified atom stereocenters. The normalized spacial score (nSPS) is 24.0. The Labute approximate surface area is 83.2 Å². The van der Waals surface area contributed by atoms with Gasteiger partial charge in [0.05, 0.1) is 0 Å². The monoisotopic (exact) mass is 188 g/mol. The van der Waals surface area contributed by atoms with E-state index in [9.17, 15) is 0 Å². The summed E-state index contributed by atoms with van der Waals surface area (Å²) < 4.78 is 10.8. The van der Waals surface area contributed by atoms with Crippen LogP contribution in [0.15, 0.2) is 47.0 Å². The van der Waals surface area contributed by atoms with Crippen molar-refractivity contribution in [3.05, 3.63) is 47.0 Å². The van der Waals surface area contributed by atoms with Crippen molar-refractivity contribution in [2.75, 3.05) is 6.79 Å². The number of hydrogen-bond donors (Lipinski definition) is 0. The molecule has 0 amide bonds. The molecule has 0 aromatic carbocycles. The van der Waals surface area contributed by atoms with Crippen LogP contribution in [0.5, 0.6) is 0 Å². The molecule has 3 aliphatic rings. The van der Waals surface area contributed by atoms with E-state index in [2.05, 4.69) is 24.3 Å². The first-order chi connectivity index (χ1) is 6.93. The molecular formula is C12H12O2. The molecule has 0 radical (unpaired) electrons. The Bertz CT molecular complexity index is 383. The SMILES string of the molecule is C1=CC2=CC3=C(CC2=CCC1)OCO3. The van der Waals surface area contributed by atoms with Gasteiger partial charge in [-0.15, -0.1) is 0 Å². The zero-order valence-corrected chi connectivity index (χ0v) is 7.95. The molecule has 0 saturated carbocycles. The van der Waals surface area contributed by atoms with Crippen molar-refractivity contribution in [2.24, 2.45) is 0 Å². The van der Waals surface area contributed by atoms with E-state index >= 15 is 0 Å². The molecule has 0 bridgehead atoms. The molecule has 0 saturated heterocycles. The van der Waals surface area contributed by atoms with Crippen molar-refractivity contribution >= 4 is 0 Å². The Morgan fingerprint density at radius 1 is 1.14 bits per heavy atom. The van der Waals surface area contributed by atoms with E-state index in [0.717, 1.165) is 30.8 Å². The summed E-state index contributed by atoms with van der Waals surface area (Å²) in [4.78, 5) is 0. The lowest BCUT2D eigenvalue weighted by molar-refractivity contribution is 0.0736. The third kappa shape index (κ3) is 1.18. The fraction of sp³-hybridized carbons (Fsp3) is 0.333. The van der Waals surface area contributed by atoms with Crippen LogP contribution >= 0.6 is 0 Å². The highest BCUT2D eigenvalue weighted by atomic mass is 16.7. The van der Waals surface area contributed by atoms with E-state index in [1.165, 1.54) is 11.1 Å². The van der Waals surface area contributed by atoms with Gasteiger partial charge in [0.25, 0.3) is 0 Å². The summed E-state index contributed by atoms with van der Waals surface area (Å²) in [5, 5.41) is 0. The first-order valence-corrected chi connectivity index (χ1v) is 5.00. The van der Waals surface area contributed by atoms with Gasteiger partial charge < -0.3 is 9.47 Å². The molecule has 1 heterocycles. The van der Waals surface area contributed by atoms with E-state index in [-0.39, 0.29) is 0 Å². The molecule has 14 heavy (non-hydrogen) atoms. The van der Waals surface area contributed by atoms with Crippen LogP contribution in [0.3, 0.4) is 0 Å². The second-order valence-corrected chi connectivity index (χ2v) is 3.68. The fourth-order valence-electron chi connectivity index (χ4n) is 1.99. The van der Waals surface area contributed by atoms with E-state index in [1.807, 2.05) is 0 Å². The molecule has 2 heteroatoms. The maximum Gasteiger partial charge on any atom is 0.230 e. The molecule has 3 rings (SSSR count). The number of rotatable bonds is 0. The third-order valence-electron chi connectivity index (χ3n) is 2.75. The average Bonchev–Trinajstić information content (AvgIpc) is 2.51. The van der Waals surface area contributed by atoms with Crippen LogP contribution in [0, 0.1) is 0 Å². The zero-order chi connectivity index (χ0) is 9.38. The average molecular weight is 188 g/mol. The minimum Gasteiger partial charge on any atom is -0.458 e. The largest absolute Gasteiger partial charge is 0.458 e. The highest BCUT2D eigenvalue weighted by molar-refractivity contribution is 5.50. The summed E-state index contributed by atoms with van der Waals surface area (Å²) in [6.45, 7) is 0.380. The second kappa shape index (κ2) is 3.05. The summed E-state index contributed by atoms with van der Waals surface area (Å²) in [6, 6.07) is 0. The molecule has 0 atom stereocenters. The summed E-state index contributed by atoms with van der Waals surface area (Å²) in [7, 11) is 0. The quantitative estimate of drug-likeness (QED) is 0.582. The molecule has 0 aromatic heterocycles. The molecule has 2 aliphatic carbocycles. The van der Waals surface area contributed by atoms with Crippen LogP contribution in [0.1, 0.15) is 19.3 Å². The highest BCUT2D eigenvalue weighted by Gasteiger charge is 2.23. The Morgan fingerprint density at radius 3 is 3.14 bits per heavy atom. The summed E-state index contributed by atoms with van der Waals surface area (Å²) in [5.74, 6) is 1.92. The van der Waals surface area contributed by atoms with Gasteiger partial charge in [0.15, 0.2) is 5.76 Å². The van der Waals surface area contributed by atoms with Crippen molar-refractivity contribution < 1.29 is 9.47 Å². The minimum atomic E-state index is 0.380. The fourth-order valence-corrected chi connectivity index (χ4v) is 1.99. The van der Waals surface area contributed by atoms with E-state index in [0.29, 0.717) is 6.79 Å². The van der Waals surface area contributed by atoms with Gasteiger partial charge in [-0.2, -0.15) is 0 Å². The van der Waals surface area contributed by atoms with Crippen molar-refractivity contribution in [1.29, 1.82) is 0 Å².